The van der Waals surface area contributed by atoms with Gasteiger partial charge in [-0.1, -0.05) is 28.1 Å². The van der Waals surface area contributed by atoms with Gasteiger partial charge in [-0.15, -0.1) is 0 Å². The SMILES string of the molecule is CNCCC(=O)NC1(c2ccc(Br)cc2)CC1. The zero-order chi connectivity index (χ0) is 12.3. The predicted octanol–water partition coefficient (Wildman–Crippen LogP) is 2.16. The molecular formula is C13H17BrN2O. The van der Waals surface area contributed by atoms with Gasteiger partial charge in [0, 0.05) is 17.4 Å². The molecule has 1 saturated carbocycles. The molecule has 0 aromatic heterocycles. The molecule has 0 atom stereocenters. The molecule has 0 unspecified atom stereocenters. The van der Waals surface area contributed by atoms with Crippen molar-refractivity contribution >= 4 is 21.8 Å². The number of hydrogen-bond donors (Lipinski definition) is 2. The summed E-state index contributed by atoms with van der Waals surface area (Å²) in [7, 11) is 1.86. The number of rotatable bonds is 5. The van der Waals surface area contributed by atoms with Crippen LogP contribution in [-0.2, 0) is 10.3 Å². The Balaban J connectivity index is 2.00. The van der Waals surface area contributed by atoms with Gasteiger partial charge in [-0.25, -0.2) is 0 Å². The number of benzene rings is 1. The average molecular weight is 297 g/mol. The van der Waals surface area contributed by atoms with Gasteiger partial charge in [0.2, 0.25) is 5.91 Å². The highest BCUT2D eigenvalue weighted by Gasteiger charge is 2.45. The lowest BCUT2D eigenvalue weighted by Gasteiger charge is -2.18. The van der Waals surface area contributed by atoms with E-state index in [9.17, 15) is 4.79 Å². The molecule has 1 fully saturated rings. The molecule has 0 radical (unpaired) electrons. The third-order valence-corrected chi connectivity index (χ3v) is 3.66. The second kappa shape index (κ2) is 5.19. The van der Waals surface area contributed by atoms with E-state index in [1.165, 1.54) is 5.56 Å². The van der Waals surface area contributed by atoms with E-state index < -0.39 is 0 Å². The van der Waals surface area contributed by atoms with Crippen LogP contribution in [0.2, 0.25) is 0 Å². The molecule has 0 bridgehead atoms. The van der Waals surface area contributed by atoms with Gasteiger partial charge in [-0.3, -0.25) is 4.79 Å². The van der Waals surface area contributed by atoms with Crippen LogP contribution in [0, 0.1) is 0 Å². The third kappa shape index (κ3) is 3.07. The van der Waals surface area contributed by atoms with Crippen molar-refractivity contribution in [2.45, 2.75) is 24.8 Å². The van der Waals surface area contributed by atoms with Crippen LogP contribution in [0.1, 0.15) is 24.8 Å². The summed E-state index contributed by atoms with van der Waals surface area (Å²) in [5.41, 5.74) is 1.12. The largest absolute Gasteiger partial charge is 0.347 e. The second-order valence-corrected chi connectivity index (χ2v) is 5.41. The minimum atomic E-state index is -0.0917. The van der Waals surface area contributed by atoms with Crippen LogP contribution in [0.25, 0.3) is 0 Å². The van der Waals surface area contributed by atoms with Gasteiger partial charge in [-0.05, 0) is 37.6 Å². The maximum Gasteiger partial charge on any atom is 0.221 e. The van der Waals surface area contributed by atoms with Crippen LogP contribution in [0.5, 0.6) is 0 Å². The highest BCUT2D eigenvalue weighted by atomic mass is 79.9. The summed E-state index contributed by atoms with van der Waals surface area (Å²) in [5.74, 6) is 0.125. The van der Waals surface area contributed by atoms with Gasteiger partial charge < -0.3 is 10.6 Å². The van der Waals surface area contributed by atoms with Crippen LogP contribution in [0.4, 0.5) is 0 Å². The Bertz CT molecular complexity index is 398. The standard InChI is InChI=1S/C13H17BrN2O/c1-15-9-6-12(17)16-13(7-8-13)10-2-4-11(14)5-3-10/h2-5,15H,6-9H2,1H3,(H,16,17). The van der Waals surface area contributed by atoms with Crippen molar-refractivity contribution in [2.24, 2.45) is 0 Å². The molecule has 4 heteroatoms. The van der Waals surface area contributed by atoms with Crippen molar-refractivity contribution in [1.82, 2.24) is 10.6 Å². The van der Waals surface area contributed by atoms with Gasteiger partial charge in [0.05, 0.1) is 5.54 Å². The summed E-state index contributed by atoms with van der Waals surface area (Å²) < 4.78 is 1.07. The van der Waals surface area contributed by atoms with Gasteiger partial charge >= 0.3 is 0 Å². The Morgan fingerprint density at radius 1 is 1.35 bits per heavy atom. The molecule has 2 rings (SSSR count). The van der Waals surface area contributed by atoms with Crippen LogP contribution in [0.15, 0.2) is 28.7 Å². The molecule has 1 aromatic carbocycles. The normalized spacial score (nSPS) is 16.6. The van der Waals surface area contributed by atoms with Gasteiger partial charge in [0.15, 0.2) is 0 Å². The van der Waals surface area contributed by atoms with Crippen LogP contribution < -0.4 is 10.6 Å². The van der Waals surface area contributed by atoms with Crippen molar-refractivity contribution in [3.05, 3.63) is 34.3 Å². The van der Waals surface area contributed by atoms with Gasteiger partial charge in [0.1, 0.15) is 0 Å². The Morgan fingerprint density at radius 2 is 2.00 bits per heavy atom. The third-order valence-electron chi connectivity index (χ3n) is 3.13. The minimum Gasteiger partial charge on any atom is -0.347 e. The monoisotopic (exact) mass is 296 g/mol. The first-order valence-electron chi connectivity index (χ1n) is 5.88. The summed E-state index contributed by atoms with van der Waals surface area (Å²) in [6, 6.07) is 8.20. The van der Waals surface area contributed by atoms with E-state index in [-0.39, 0.29) is 11.4 Å². The summed E-state index contributed by atoms with van der Waals surface area (Å²) in [4.78, 5) is 11.7. The Hall–Kier alpha value is -0.870. The topological polar surface area (TPSA) is 41.1 Å². The fraction of sp³-hybridized carbons (Fsp3) is 0.462. The van der Waals surface area contributed by atoms with E-state index >= 15 is 0 Å². The van der Waals surface area contributed by atoms with Crippen molar-refractivity contribution < 1.29 is 4.79 Å². The van der Waals surface area contributed by atoms with E-state index in [1.807, 2.05) is 19.2 Å². The van der Waals surface area contributed by atoms with Crippen LogP contribution >= 0.6 is 15.9 Å². The first-order chi connectivity index (χ1) is 8.16. The van der Waals surface area contributed by atoms with E-state index in [2.05, 4.69) is 38.7 Å². The smallest absolute Gasteiger partial charge is 0.221 e. The van der Waals surface area contributed by atoms with Crippen molar-refractivity contribution in [3.63, 3.8) is 0 Å². The predicted molar refractivity (Wildman–Crippen MR) is 71.7 cm³/mol. The molecule has 1 aromatic rings. The molecule has 0 saturated heterocycles. The average Bonchev–Trinajstić information content (AvgIpc) is 3.08. The minimum absolute atomic E-state index is 0.0917. The summed E-state index contributed by atoms with van der Waals surface area (Å²) >= 11 is 3.42. The zero-order valence-corrected chi connectivity index (χ0v) is 11.5. The van der Waals surface area contributed by atoms with Crippen molar-refractivity contribution in [1.29, 1.82) is 0 Å². The molecule has 92 valence electrons. The highest BCUT2D eigenvalue weighted by molar-refractivity contribution is 9.10. The maximum atomic E-state index is 11.7. The second-order valence-electron chi connectivity index (χ2n) is 4.49. The van der Waals surface area contributed by atoms with Gasteiger partial charge in [-0.2, -0.15) is 0 Å². The van der Waals surface area contributed by atoms with Gasteiger partial charge in [0.25, 0.3) is 0 Å². The molecule has 17 heavy (non-hydrogen) atoms. The molecule has 1 aliphatic rings. The number of halogens is 1. The lowest BCUT2D eigenvalue weighted by atomic mass is 10.0. The number of hydrogen-bond acceptors (Lipinski definition) is 2. The molecule has 0 heterocycles. The summed E-state index contributed by atoms with van der Waals surface area (Å²) in [5, 5.41) is 6.13. The molecule has 0 spiro atoms. The molecule has 1 amide bonds. The molecule has 0 aliphatic heterocycles. The number of nitrogens with one attached hydrogen (secondary N) is 2. The van der Waals surface area contributed by atoms with Crippen molar-refractivity contribution in [2.75, 3.05) is 13.6 Å². The Morgan fingerprint density at radius 3 is 2.53 bits per heavy atom. The van der Waals surface area contributed by atoms with E-state index in [1.54, 1.807) is 0 Å². The number of amides is 1. The Kier molecular flexibility index (Phi) is 3.84. The molecule has 2 N–H and O–H groups in total. The quantitative estimate of drug-likeness (QED) is 0.874. The van der Waals surface area contributed by atoms with E-state index in [4.69, 9.17) is 0 Å². The first-order valence-corrected chi connectivity index (χ1v) is 6.67. The number of carbonyl (C=O) groups is 1. The zero-order valence-electron chi connectivity index (χ0n) is 9.92. The van der Waals surface area contributed by atoms with E-state index in [0.717, 1.165) is 23.9 Å². The molecular weight excluding hydrogens is 280 g/mol. The molecule has 1 aliphatic carbocycles. The fourth-order valence-corrected chi connectivity index (χ4v) is 2.21. The summed E-state index contributed by atoms with van der Waals surface area (Å²) in [6.45, 7) is 0.724. The summed E-state index contributed by atoms with van der Waals surface area (Å²) in [6.07, 6.45) is 2.62. The van der Waals surface area contributed by atoms with Crippen LogP contribution in [-0.4, -0.2) is 19.5 Å². The highest BCUT2D eigenvalue weighted by Crippen LogP contribution is 2.45. The van der Waals surface area contributed by atoms with Crippen molar-refractivity contribution in [3.8, 4) is 0 Å². The number of carbonyl (C=O) groups excluding carboxylic acids is 1. The first kappa shape index (κ1) is 12.6. The Labute approximate surface area is 110 Å². The van der Waals surface area contributed by atoms with E-state index in [0.29, 0.717) is 6.42 Å². The lowest BCUT2D eigenvalue weighted by Crippen LogP contribution is -2.36. The maximum absolute atomic E-state index is 11.7. The molecule has 3 nitrogen and oxygen atoms in total. The lowest BCUT2D eigenvalue weighted by molar-refractivity contribution is -0.122. The van der Waals surface area contributed by atoms with Crippen LogP contribution in [0.3, 0.4) is 0 Å². The fourth-order valence-electron chi connectivity index (χ4n) is 1.95.